The predicted molar refractivity (Wildman–Crippen MR) is 73.9 cm³/mol. The molecule has 0 aliphatic carbocycles. The molecule has 0 saturated carbocycles. The predicted octanol–water partition coefficient (Wildman–Crippen LogP) is 3.47. The van der Waals surface area contributed by atoms with Gasteiger partial charge in [0.1, 0.15) is 0 Å². The Balaban J connectivity index is 2.34. The van der Waals surface area contributed by atoms with Crippen LogP contribution in [0.15, 0.2) is 41.5 Å². The Bertz CT molecular complexity index is 673. The topological polar surface area (TPSA) is 74.8 Å². The highest BCUT2D eigenvalue weighted by molar-refractivity contribution is 5.96. The van der Waals surface area contributed by atoms with Crippen LogP contribution in [0.25, 0.3) is 21.2 Å². The van der Waals surface area contributed by atoms with Gasteiger partial charge in [-0.15, -0.1) is 0 Å². The van der Waals surface area contributed by atoms with Crippen molar-refractivity contribution in [3.8, 4) is 11.8 Å². The lowest BCUT2D eigenvalue weighted by Crippen LogP contribution is -1.88. The molecule has 4 nitrogen and oxygen atoms in total. The Morgan fingerprint density at radius 1 is 1.17 bits per heavy atom. The smallest absolute Gasteiger partial charge is 0.0394 e. The number of hydrogen-bond donors (Lipinski definition) is 1. The average Bonchev–Trinajstić information content (AvgIpc) is 2.39. The van der Waals surface area contributed by atoms with Crippen LogP contribution in [-0.2, 0) is 0 Å². The molecule has 0 atom stereocenters. The molecule has 0 saturated heterocycles. The molecule has 0 unspecified atom stereocenters. The summed E-state index contributed by atoms with van der Waals surface area (Å²) in [6, 6.07) is 11.7. The summed E-state index contributed by atoms with van der Waals surface area (Å²) in [6.07, 6.45) is 0.558. The average molecular weight is 236 g/mol. The first-order chi connectivity index (χ1) is 8.83. The molecule has 0 aliphatic rings. The number of azide groups is 1. The van der Waals surface area contributed by atoms with E-state index in [2.05, 4.69) is 21.9 Å². The molecule has 0 fully saturated rings. The molecule has 0 spiro atoms. The zero-order valence-electron chi connectivity index (χ0n) is 9.80. The van der Waals surface area contributed by atoms with Gasteiger partial charge in [0, 0.05) is 34.5 Å². The molecule has 2 aromatic carbocycles. The molecule has 18 heavy (non-hydrogen) atoms. The normalized spacial score (nSPS) is 9.33. The summed E-state index contributed by atoms with van der Waals surface area (Å²) in [6.45, 7) is 0.399. The third-order valence-electron chi connectivity index (χ3n) is 2.58. The van der Waals surface area contributed by atoms with E-state index >= 15 is 0 Å². The number of nitrogens with zero attached hydrogens (tertiary/aromatic N) is 3. The molecule has 4 heteroatoms. The summed E-state index contributed by atoms with van der Waals surface area (Å²) in [4.78, 5) is 2.68. The molecule has 88 valence electrons. The SMILES string of the molecule is [N-]=[N+]=NCCC#Cc1cccc2c(N)cccc12. The van der Waals surface area contributed by atoms with Crippen molar-refractivity contribution in [3.05, 3.63) is 52.4 Å². The monoisotopic (exact) mass is 236 g/mol. The van der Waals surface area contributed by atoms with Gasteiger partial charge in [0.25, 0.3) is 0 Å². The van der Waals surface area contributed by atoms with Crippen molar-refractivity contribution in [3.63, 3.8) is 0 Å². The number of benzene rings is 2. The summed E-state index contributed by atoms with van der Waals surface area (Å²) in [7, 11) is 0. The van der Waals surface area contributed by atoms with E-state index in [9.17, 15) is 0 Å². The summed E-state index contributed by atoms with van der Waals surface area (Å²) in [5.74, 6) is 6.08. The highest BCUT2D eigenvalue weighted by Gasteiger charge is 1.99. The number of fused-ring (bicyclic) bond motifs is 1. The highest BCUT2D eigenvalue weighted by atomic mass is 15.1. The number of hydrogen-bond acceptors (Lipinski definition) is 2. The minimum Gasteiger partial charge on any atom is -0.398 e. The second-order valence-electron chi connectivity index (χ2n) is 3.75. The maximum atomic E-state index is 8.15. The lowest BCUT2D eigenvalue weighted by molar-refractivity contribution is 1.01. The van der Waals surface area contributed by atoms with Crippen molar-refractivity contribution in [1.29, 1.82) is 0 Å². The number of nitrogens with two attached hydrogens (primary N) is 1. The van der Waals surface area contributed by atoms with Crippen molar-refractivity contribution in [1.82, 2.24) is 0 Å². The van der Waals surface area contributed by atoms with Gasteiger partial charge in [-0.25, -0.2) is 0 Å². The van der Waals surface area contributed by atoms with Crippen LogP contribution in [0.3, 0.4) is 0 Å². The Labute approximate surface area is 105 Å². The van der Waals surface area contributed by atoms with E-state index in [0.717, 1.165) is 22.0 Å². The van der Waals surface area contributed by atoms with Crippen LogP contribution in [0.5, 0.6) is 0 Å². The highest BCUT2D eigenvalue weighted by Crippen LogP contribution is 2.23. The first-order valence-electron chi connectivity index (χ1n) is 5.60. The van der Waals surface area contributed by atoms with Crippen molar-refractivity contribution >= 4 is 16.5 Å². The van der Waals surface area contributed by atoms with Gasteiger partial charge in [-0.2, -0.15) is 0 Å². The lowest BCUT2D eigenvalue weighted by atomic mass is 10.0. The van der Waals surface area contributed by atoms with Gasteiger partial charge >= 0.3 is 0 Å². The van der Waals surface area contributed by atoms with E-state index < -0.39 is 0 Å². The van der Waals surface area contributed by atoms with Crippen LogP contribution in [-0.4, -0.2) is 6.54 Å². The van der Waals surface area contributed by atoms with Gasteiger partial charge in [0.2, 0.25) is 0 Å². The summed E-state index contributed by atoms with van der Waals surface area (Å²) in [5, 5.41) is 5.50. The van der Waals surface area contributed by atoms with Crippen LogP contribution in [0.2, 0.25) is 0 Å². The molecule has 2 aromatic rings. The Kier molecular flexibility index (Phi) is 3.70. The van der Waals surface area contributed by atoms with Crippen LogP contribution >= 0.6 is 0 Å². The molecule has 0 heterocycles. The van der Waals surface area contributed by atoms with Crippen LogP contribution < -0.4 is 5.73 Å². The first-order valence-corrected chi connectivity index (χ1v) is 5.60. The quantitative estimate of drug-likeness (QED) is 0.213. The van der Waals surface area contributed by atoms with E-state index in [4.69, 9.17) is 11.3 Å². The number of rotatable bonds is 2. The van der Waals surface area contributed by atoms with E-state index in [0.29, 0.717) is 13.0 Å². The molecule has 0 radical (unpaired) electrons. The minimum absolute atomic E-state index is 0.399. The maximum absolute atomic E-state index is 8.15. The summed E-state index contributed by atoms with van der Waals surface area (Å²) in [5.41, 5.74) is 15.8. The molecule has 0 amide bonds. The van der Waals surface area contributed by atoms with Crippen molar-refractivity contribution in [2.75, 3.05) is 12.3 Å². The van der Waals surface area contributed by atoms with E-state index in [1.807, 2.05) is 36.4 Å². The second-order valence-corrected chi connectivity index (χ2v) is 3.75. The van der Waals surface area contributed by atoms with Gasteiger partial charge in [0.05, 0.1) is 0 Å². The standard InChI is InChI=1S/C14H12N4/c15-14-9-4-7-12-11(6-3-8-13(12)14)5-1-2-10-17-18-16/h3-4,6-9H,2,10,15H2. The lowest BCUT2D eigenvalue weighted by Gasteiger charge is -2.03. The fraction of sp³-hybridized carbons (Fsp3) is 0.143. The fourth-order valence-electron chi connectivity index (χ4n) is 1.75. The minimum atomic E-state index is 0.399. The molecule has 2 N–H and O–H groups in total. The van der Waals surface area contributed by atoms with Gasteiger partial charge in [-0.1, -0.05) is 41.2 Å². The molecule has 0 aromatic heterocycles. The van der Waals surface area contributed by atoms with Gasteiger partial charge < -0.3 is 5.73 Å². The first kappa shape index (κ1) is 11.8. The zero-order chi connectivity index (χ0) is 12.8. The number of anilines is 1. The number of nitrogen functional groups attached to an aromatic ring is 1. The van der Waals surface area contributed by atoms with Crippen LogP contribution in [0.1, 0.15) is 12.0 Å². The molecule has 0 bridgehead atoms. The van der Waals surface area contributed by atoms with Gasteiger partial charge in [-0.3, -0.25) is 0 Å². The largest absolute Gasteiger partial charge is 0.398 e. The van der Waals surface area contributed by atoms with E-state index in [1.165, 1.54) is 0 Å². The zero-order valence-corrected chi connectivity index (χ0v) is 9.80. The Morgan fingerprint density at radius 3 is 2.78 bits per heavy atom. The van der Waals surface area contributed by atoms with Crippen molar-refractivity contribution in [2.45, 2.75) is 6.42 Å². The third-order valence-corrected chi connectivity index (χ3v) is 2.58. The molecule has 2 rings (SSSR count). The fourth-order valence-corrected chi connectivity index (χ4v) is 1.75. The van der Waals surface area contributed by atoms with Gasteiger partial charge in [-0.05, 0) is 23.1 Å². The summed E-state index contributed by atoms with van der Waals surface area (Å²) >= 11 is 0. The maximum Gasteiger partial charge on any atom is 0.0394 e. The third kappa shape index (κ3) is 2.54. The summed E-state index contributed by atoms with van der Waals surface area (Å²) < 4.78 is 0. The van der Waals surface area contributed by atoms with E-state index in [1.54, 1.807) is 0 Å². The van der Waals surface area contributed by atoms with E-state index in [-0.39, 0.29) is 0 Å². The molecular weight excluding hydrogens is 224 g/mol. The van der Waals surface area contributed by atoms with Crippen molar-refractivity contribution < 1.29 is 0 Å². The molecular formula is C14H12N4. The van der Waals surface area contributed by atoms with Crippen LogP contribution in [0, 0.1) is 11.8 Å². The van der Waals surface area contributed by atoms with Crippen molar-refractivity contribution in [2.24, 2.45) is 5.11 Å². The Morgan fingerprint density at radius 2 is 1.94 bits per heavy atom. The van der Waals surface area contributed by atoms with Crippen LogP contribution in [0.4, 0.5) is 5.69 Å². The van der Waals surface area contributed by atoms with Gasteiger partial charge in [0.15, 0.2) is 0 Å². The molecule has 0 aliphatic heterocycles. The Hall–Kier alpha value is -2.63. The second kappa shape index (κ2) is 5.62.